The molecule has 7 heteroatoms. The van der Waals surface area contributed by atoms with Gasteiger partial charge in [-0.15, -0.1) is 10.2 Å². The van der Waals surface area contributed by atoms with Crippen LogP contribution >= 0.6 is 11.3 Å². The van der Waals surface area contributed by atoms with Gasteiger partial charge in [-0.1, -0.05) is 24.2 Å². The normalized spacial score (nSPS) is 16.3. The Morgan fingerprint density at radius 1 is 1.42 bits per heavy atom. The van der Waals surface area contributed by atoms with Gasteiger partial charge in [-0.05, 0) is 19.8 Å². The Balaban J connectivity index is 1.52. The van der Waals surface area contributed by atoms with Crippen molar-refractivity contribution in [2.75, 3.05) is 6.54 Å². The molecule has 1 saturated carbocycles. The summed E-state index contributed by atoms with van der Waals surface area (Å²) in [5.74, 6) is 1.24. The molecule has 0 bridgehead atoms. The number of hydrogen-bond acceptors (Lipinski definition) is 5. The molecule has 6 nitrogen and oxygen atoms in total. The maximum absolute atomic E-state index is 11.9. The van der Waals surface area contributed by atoms with E-state index < -0.39 is 0 Å². The lowest BCUT2D eigenvalue weighted by Crippen LogP contribution is -2.30. The van der Waals surface area contributed by atoms with Crippen LogP contribution in [0.4, 0.5) is 0 Å². The van der Waals surface area contributed by atoms with Gasteiger partial charge in [0.1, 0.15) is 5.01 Å². The van der Waals surface area contributed by atoms with Gasteiger partial charge in [-0.2, -0.15) is 9.61 Å². The van der Waals surface area contributed by atoms with Crippen molar-refractivity contribution in [2.24, 2.45) is 5.92 Å². The Labute approximate surface area is 115 Å². The fourth-order valence-corrected chi connectivity index (χ4v) is 3.36. The van der Waals surface area contributed by atoms with Crippen LogP contribution in [0.5, 0.6) is 0 Å². The molecule has 2 heterocycles. The molecule has 1 N–H and O–H groups in total. The van der Waals surface area contributed by atoms with E-state index in [0.29, 0.717) is 6.54 Å². The summed E-state index contributed by atoms with van der Waals surface area (Å²) in [5.41, 5.74) is 0. The molecule has 0 aromatic carbocycles. The number of aryl methyl sites for hydroxylation is 1. The zero-order chi connectivity index (χ0) is 13.2. The quantitative estimate of drug-likeness (QED) is 0.916. The lowest BCUT2D eigenvalue weighted by molar-refractivity contribution is -0.124. The number of carbonyl (C=O) groups excluding carboxylic acids is 1. The average Bonchev–Trinajstić information content (AvgIpc) is 3.09. The van der Waals surface area contributed by atoms with Crippen molar-refractivity contribution < 1.29 is 4.79 Å². The van der Waals surface area contributed by atoms with Crippen LogP contribution in [0.15, 0.2) is 0 Å². The SMILES string of the molecule is Cc1nnc2sc(CCNC(=O)C3CCCC3)nn12. The second-order valence-electron chi connectivity index (χ2n) is 4.96. The summed E-state index contributed by atoms with van der Waals surface area (Å²) >= 11 is 1.53. The van der Waals surface area contributed by atoms with Gasteiger partial charge in [-0.25, -0.2) is 0 Å². The minimum Gasteiger partial charge on any atom is -0.355 e. The van der Waals surface area contributed by atoms with Crippen molar-refractivity contribution in [3.05, 3.63) is 10.8 Å². The van der Waals surface area contributed by atoms with E-state index in [1.807, 2.05) is 6.92 Å². The first-order valence-electron chi connectivity index (χ1n) is 6.69. The van der Waals surface area contributed by atoms with Crippen LogP contribution in [-0.2, 0) is 11.2 Å². The maximum Gasteiger partial charge on any atom is 0.234 e. The Bertz CT molecular complexity index is 584. The highest BCUT2D eigenvalue weighted by atomic mass is 32.1. The Morgan fingerprint density at radius 3 is 2.95 bits per heavy atom. The van der Waals surface area contributed by atoms with E-state index in [-0.39, 0.29) is 11.8 Å². The molecule has 19 heavy (non-hydrogen) atoms. The second kappa shape index (κ2) is 5.24. The van der Waals surface area contributed by atoms with Crippen molar-refractivity contribution in [1.29, 1.82) is 0 Å². The third-order valence-electron chi connectivity index (χ3n) is 3.55. The van der Waals surface area contributed by atoms with E-state index in [9.17, 15) is 4.79 Å². The van der Waals surface area contributed by atoms with E-state index in [2.05, 4.69) is 20.6 Å². The molecule has 102 valence electrons. The van der Waals surface area contributed by atoms with Crippen molar-refractivity contribution in [3.8, 4) is 0 Å². The van der Waals surface area contributed by atoms with Crippen LogP contribution in [-0.4, -0.2) is 32.3 Å². The molecule has 1 fully saturated rings. The average molecular weight is 279 g/mol. The molecule has 0 unspecified atom stereocenters. The van der Waals surface area contributed by atoms with Gasteiger partial charge in [0.2, 0.25) is 10.9 Å². The molecule has 0 atom stereocenters. The van der Waals surface area contributed by atoms with E-state index in [1.54, 1.807) is 4.52 Å². The molecule has 2 aromatic rings. The molecule has 0 saturated heterocycles. The minimum absolute atomic E-state index is 0.205. The van der Waals surface area contributed by atoms with Crippen molar-refractivity contribution >= 4 is 22.2 Å². The van der Waals surface area contributed by atoms with Crippen LogP contribution < -0.4 is 5.32 Å². The van der Waals surface area contributed by atoms with E-state index in [1.165, 1.54) is 24.2 Å². The van der Waals surface area contributed by atoms with Crippen LogP contribution in [0, 0.1) is 12.8 Å². The van der Waals surface area contributed by atoms with E-state index in [4.69, 9.17) is 0 Å². The number of aromatic nitrogens is 4. The van der Waals surface area contributed by atoms with Gasteiger partial charge in [0, 0.05) is 18.9 Å². The summed E-state index contributed by atoms with van der Waals surface area (Å²) in [6, 6.07) is 0. The summed E-state index contributed by atoms with van der Waals surface area (Å²) in [6.07, 6.45) is 5.22. The van der Waals surface area contributed by atoms with Crippen molar-refractivity contribution in [2.45, 2.75) is 39.0 Å². The van der Waals surface area contributed by atoms with Gasteiger partial charge in [-0.3, -0.25) is 4.79 Å². The maximum atomic E-state index is 11.9. The zero-order valence-electron chi connectivity index (χ0n) is 10.9. The van der Waals surface area contributed by atoms with Gasteiger partial charge >= 0.3 is 0 Å². The van der Waals surface area contributed by atoms with Gasteiger partial charge in [0.15, 0.2) is 5.82 Å². The monoisotopic (exact) mass is 279 g/mol. The topological polar surface area (TPSA) is 72.2 Å². The molecule has 1 aliphatic rings. The molecule has 1 aliphatic carbocycles. The van der Waals surface area contributed by atoms with Gasteiger partial charge < -0.3 is 5.32 Å². The molecular formula is C12H17N5OS. The zero-order valence-corrected chi connectivity index (χ0v) is 11.7. The summed E-state index contributed by atoms with van der Waals surface area (Å²) in [7, 11) is 0. The van der Waals surface area contributed by atoms with Crippen molar-refractivity contribution in [3.63, 3.8) is 0 Å². The first kappa shape index (κ1) is 12.5. The van der Waals surface area contributed by atoms with Crippen LogP contribution in [0.3, 0.4) is 0 Å². The van der Waals surface area contributed by atoms with E-state index >= 15 is 0 Å². The van der Waals surface area contributed by atoms with Crippen molar-refractivity contribution in [1.82, 2.24) is 25.1 Å². The fourth-order valence-electron chi connectivity index (χ4n) is 2.48. The third-order valence-corrected chi connectivity index (χ3v) is 4.51. The highest BCUT2D eigenvalue weighted by Crippen LogP contribution is 2.24. The molecule has 0 spiro atoms. The number of nitrogens with one attached hydrogen (secondary N) is 1. The summed E-state index contributed by atoms with van der Waals surface area (Å²) in [4.78, 5) is 12.7. The Kier molecular flexibility index (Phi) is 3.46. The Morgan fingerprint density at radius 2 is 2.21 bits per heavy atom. The number of carbonyl (C=O) groups is 1. The predicted octanol–water partition coefficient (Wildman–Crippen LogP) is 1.34. The number of rotatable bonds is 4. The number of amides is 1. The minimum atomic E-state index is 0.205. The predicted molar refractivity (Wildman–Crippen MR) is 72.1 cm³/mol. The van der Waals surface area contributed by atoms with Gasteiger partial charge in [0.05, 0.1) is 0 Å². The van der Waals surface area contributed by atoms with Crippen LogP contribution in [0.1, 0.15) is 36.5 Å². The smallest absolute Gasteiger partial charge is 0.234 e. The Hall–Kier alpha value is -1.50. The molecule has 0 aliphatic heterocycles. The fraction of sp³-hybridized carbons (Fsp3) is 0.667. The molecule has 3 rings (SSSR count). The number of fused-ring (bicyclic) bond motifs is 1. The standard InChI is InChI=1S/C12H17N5OS/c1-8-14-15-12-17(8)16-10(19-12)6-7-13-11(18)9-4-2-3-5-9/h9H,2-7H2,1H3,(H,13,18). The molecule has 2 aromatic heterocycles. The highest BCUT2D eigenvalue weighted by molar-refractivity contribution is 7.16. The summed E-state index contributed by atoms with van der Waals surface area (Å²) in [6.45, 7) is 2.53. The summed E-state index contributed by atoms with van der Waals surface area (Å²) < 4.78 is 1.75. The second-order valence-corrected chi connectivity index (χ2v) is 6.00. The van der Waals surface area contributed by atoms with Crippen LogP contribution in [0.25, 0.3) is 4.96 Å². The number of hydrogen-bond donors (Lipinski definition) is 1. The molecular weight excluding hydrogens is 262 g/mol. The highest BCUT2D eigenvalue weighted by Gasteiger charge is 2.22. The molecule has 0 radical (unpaired) electrons. The summed E-state index contributed by atoms with van der Waals surface area (Å²) in [5, 5.41) is 16.4. The molecule has 1 amide bonds. The van der Waals surface area contributed by atoms with E-state index in [0.717, 1.165) is 35.1 Å². The first-order valence-corrected chi connectivity index (χ1v) is 7.51. The lowest BCUT2D eigenvalue weighted by Gasteiger charge is -2.08. The lowest BCUT2D eigenvalue weighted by atomic mass is 10.1. The van der Waals surface area contributed by atoms with Gasteiger partial charge in [0.25, 0.3) is 0 Å². The van der Waals surface area contributed by atoms with Crippen LogP contribution in [0.2, 0.25) is 0 Å². The number of nitrogens with zero attached hydrogens (tertiary/aromatic N) is 4. The first-order chi connectivity index (χ1) is 9.24. The third kappa shape index (κ3) is 2.60. The largest absolute Gasteiger partial charge is 0.355 e.